The van der Waals surface area contributed by atoms with Crippen molar-refractivity contribution in [2.45, 2.75) is 25.8 Å². The highest BCUT2D eigenvalue weighted by atomic mass is 16.5. The third-order valence-electron chi connectivity index (χ3n) is 2.71. The first-order chi connectivity index (χ1) is 9.56. The minimum Gasteiger partial charge on any atom is -0.484 e. The Morgan fingerprint density at radius 3 is 2.50 bits per heavy atom. The predicted molar refractivity (Wildman–Crippen MR) is 77.5 cm³/mol. The van der Waals surface area contributed by atoms with Crippen molar-refractivity contribution in [2.75, 3.05) is 19.0 Å². The second-order valence-electron chi connectivity index (χ2n) is 4.37. The summed E-state index contributed by atoms with van der Waals surface area (Å²) in [4.78, 5) is 22.7. The number of nitrogens with one attached hydrogen (secondary N) is 2. The molecule has 0 fully saturated rings. The zero-order chi connectivity index (χ0) is 15.0. The van der Waals surface area contributed by atoms with E-state index in [1.807, 2.05) is 6.92 Å². The lowest BCUT2D eigenvalue weighted by molar-refractivity contribution is -0.122. The third-order valence-corrected chi connectivity index (χ3v) is 2.71. The van der Waals surface area contributed by atoms with E-state index in [9.17, 15) is 9.59 Å². The number of hydrogen-bond acceptors (Lipinski definition) is 4. The first-order valence-corrected chi connectivity index (χ1v) is 6.56. The van der Waals surface area contributed by atoms with Crippen LogP contribution in [0, 0.1) is 0 Å². The number of anilines is 1. The van der Waals surface area contributed by atoms with Gasteiger partial charge in [-0.05, 0) is 30.7 Å². The van der Waals surface area contributed by atoms with Crippen LogP contribution in [-0.2, 0) is 9.59 Å². The fraction of sp³-hybridized carbons (Fsp3) is 0.429. The van der Waals surface area contributed by atoms with Crippen molar-refractivity contribution in [3.05, 3.63) is 24.3 Å². The number of carbonyl (C=O) groups excluding carboxylic acids is 2. The Labute approximate surface area is 118 Å². The van der Waals surface area contributed by atoms with E-state index in [4.69, 9.17) is 10.5 Å². The van der Waals surface area contributed by atoms with Gasteiger partial charge in [-0.15, -0.1) is 0 Å². The fourth-order valence-electron chi connectivity index (χ4n) is 1.53. The van der Waals surface area contributed by atoms with Crippen LogP contribution in [0.5, 0.6) is 5.75 Å². The third kappa shape index (κ3) is 5.27. The predicted octanol–water partition coefficient (Wildman–Crippen LogP) is 0.877. The van der Waals surface area contributed by atoms with Crippen LogP contribution in [0.25, 0.3) is 0 Å². The van der Waals surface area contributed by atoms with Crippen molar-refractivity contribution in [1.82, 2.24) is 5.32 Å². The Bertz CT molecular complexity index is 445. The Morgan fingerprint density at radius 2 is 1.95 bits per heavy atom. The van der Waals surface area contributed by atoms with Crippen molar-refractivity contribution in [3.63, 3.8) is 0 Å². The molecular weight excluding hydrogens is 258 g/mol. The summed E-state index contributed by atoms with van der Waals surface area (Å²) in [5.41, 5.74) is 6.37. The van der Waals surface area contributed by atoms with Crippen LogP contribution in [0.1, 0.15) is 19.8 Å². The van der Waals surface area contributed by atoms with Crippen LogP contribution in [0.2, 0.25) is 0 Å². The maximum Gasteiger partial charge on any atom is 0.257 e. The molecule has 1 atom stereocenters. The maximum atomic E-state index is 11.7. The summed E-state index contributed by atoms with van der Waals surface area (Å²) in [7, 11) is 1.55. The van der Waals surface area contributed by atoms with E-state index in [0.29, 0.717) is 17.9 Å². The van der Waals surface area contributed by atoms with E-state index in [1.54, 1.807) is 31.3 Å². The standard InChI is InChI=1S/C14H21N3O3/c1-3-4-12(15)14(19)17-10-5-7-11(8-6-10)20-9-13(18)16-2/h5-8,12H,3-4,9,15H2,1-2H3,(H,16,18)(H,17,19). The van der Waals surface area contributed by atoms with Crippen molar-refractivity contribution in [1.29, 1.82) is 0 Å². The summed E-state index contributed by atoms with van der Waals surface area (Å²) in [5, 5.41) is 5.19. The first-order valence-electron chi connectivity index (χ1n) is 6.56. The van der Waals surface area contributed by atoms with Gasteiger partial charge in [0.25, 0.3) is 5.91 Å². The molecule has 0 aliphatic heterocycles. The van der Waals surface area contributed by atoms with E-state index in [-0.39, 0.29) is 18.4 Å². The SMILES string of the molecule is CCCC(N)C(=O)Nc1ccc(OCC(=O)NC)cc1. The van der Waals surface area contributed by atoms with Crippen LogP contribution in [0.15, 0.2) is 24.3 Å². The van der Waals surface area contributed by atoms with Gasteiger partial charge in [-0.25, -0.2) is 0 Å². The van der Waals surface area contributed by atoms with Crippen molar-refractivity contribution in [2.24, 2.45) is 5.73 Å². The van der Waals surface area contributed by atoms with Gasteiger partial charge in [-0.1, -0.05) is 13.3 Å². The minimum absolute atomic E-state index is 0.0381. The normalized spacial score (nSPS) is 11.6. The summed E-state index contributed by atoms with van der Waals surface area (Å²) in [6, 6.07) is 6.28. The summed E-state index contributed by atoms with van der Waals surface area (Å²) in [6.07, 6.45) is 1.51. The smallest absolute Gasteiger partial charge is 0.257 e. The quantitative estimate of drug-likeness (QED) is 0.690. The summed E-state index contributed by atoms with van der Waals surface area (Å²) >= 11 is 0. The molecule has 1 aromatic carbocycles. The van der Waals surface area contributed by atoms with Crippen LogP contribution in [-0.4, -0.2) is 31.5 Å². The van der Waals surface area contributed by atoms with Gasteiger partial charge < -0.3 is 21.1 Å². The minimum atomic E-state index is -0.496. The molecule has 6 heteroatoms. The maximum absolute atomic E-state index is 11.7. The highest BCUT2D eigenvalue weighted by Gasteiger charge is 2.12. The molecule has 0 bridgehead atoms. The molecule has 110 valence electrons. The second-order valence-corrected chi connectivity index (χ2v) is 4.37. The molecule has 0 aliphatic rings. The summed E-state index contributed by atoms with van der Waals surface area (Å²) < 4.78 is 5.26. The summed E-state index contributed by atoms with van der Waals surface area (Å²) in [5.74, 6) is 0.156. The largest absolute Gasteiger partial charge is 0.484 e. The molecule has 0 aliphatic carbocycles. The lowest BCUT2D eigenvalue weighted by atomic mass is 10.1. The van der Waals surface area contributed by atoms with E-state index in [0.717, 1.165) is 6.42 Å². The van der Waals surface area contributed by atoms with Gasteiger partial charge in [0, 0.05) is 12.7 Å². The number of carbonyl (C=O) groups is 2. The molecule has 0 saturated heterocycles. The first kappa shape index (κ1) is 16.0. The number of amides is 2. The van der Waals surface area contributed by atoms with Gasteiger partial charge in [0.05, 0.1) is 6.04 Å². The zero-order valence-electron chi connectivity index (χ0n) is 11.8. The molecular formula is C14H21N3O3. The molecule has 0 radical (unpaired) electrons. The lowest BCUT2D eigenvalue weighted by Crippen LogP contribution is -2.35. The average Bonchev–Trinajstić information content (AvgIpc) is 2.46. The molecule has 0 saturated carbocycles. The van der Waals surface area contributed by atoms with Crippen molar-refractivity contribution in [3.8, 4) is 5.75 Å². The van der Waals surface area contributed by atoms with Crippen LogP contribution in [0.4, 0.5) is 5.69 Å². The lowest BCUT2D eigenvalue weighted by Gasteiger charge is -2.11. The van der Waals surface area contributed by atoms with Gasteiger partial charge in [0.15, 0.2) is 6.61 Å². The Morgan fingerprint density at radius 1 is 1.30 bits per heavy atom. The molecule has 1 aromatic rings. The Hall–Kier alpha value is -2.08. The van der Waals surface area contributed by atoms with E-state index >= 15 is 0 Å². The molecule has 0 aromatic heterocycles. The number of benzene rings is 1. The Balaban J connectivity index is 2.50. The van der Waals surface area contributed by atoms with E-state index in [2.05, 4.69) is 10.6 Å². The molecule has 20 heavy (non-hydrogen) atoms. The fourth-order valence-corrected chi connectivity index (χ4v) is 1.53. The average molecular weight is 279 g/mol. The van der Waals surface area contributed by atoms with Gasteiger partial charge in [0.2, 0.25) is 5.91 Å². The molecule has 1 unspecified atom stereocenters. The number of rotatable bonds is 7. The van der Waals surface area contributed by atoms with Gasteiger partial charge >= 0.3 is 0 Å². The monoisotopic (exact) mass is 279 g/mol. The number of nitrogens with two attached hydrogens (primary N) is 1. The molecule has 0 spiro atoms. The molecule has 6 nitrogen and oxygen atoms in total. The van der Waals surface area contributed by atoms with Gasteiger partial charge in [-0.3, -0.25) is 9.59 Å². The molecule has 0 heterocycles. The zero-order valence-corrected chi connectivity index (χ0v) is 11.8. The van der Waals surface area contributed by atoms with Crippen LogP contribution < -0.4 is 21.1 Å². The highest BCUT2D eigenvalue weighted by Crippen LogP contribution is 2.15. The number of ether oxygens (including phenoxy) is 1. The van der Waals surface area contributed by atoms with Crippen molar-refractivity contribution >= 4 is 17.5 Å². The molecule has 4 N–H and O–H groups in total. The topological polar surface area (TPSA) is 93.5 Å². The molecule has 1 rings (SSSR count). The number of likely N-dealkylation sites (N-methyl/N-ethyl adjacent to an activating group) is 1. The number of hydrogen-bond donors (Lipinski definition) is 3. The van der Waals surface area contributed by atoms with Gasteiger partial charge in [-0.2, -0.15) is 0 Å². The Kier molecular flexibility index (Phi) is 6.52. The van der Waals surface area contributed by atoms with Gasteiger partial charge in [0.1, 0.15) is 5.75 Å². The van der Waals surface area contributed by atoms with Crippen LogP contribution >= 0.6 is 0 Å². The van der Waals surface area contributed by atoms with E-state index < -0.39 is 6.04 Å². The van der Waals surface area contributed by atoms with E-state index in [1.165, 1.54) is 0 Å². The van der Waals surface area contributed by atoms with Crippen molar-refractivity contribution < 1.29 is 14.3 Å². The van der Waals surface area contributed by atoms with Crippen LogP contribution in [0.3, 0.4) is 0 Å². The molecule has 2 amide bonds. The summed E-state index contributed by atoms with van der Waals surface area (Å²) in [6.45, 7) is 1.94. The second kappa shape index (κ2) is 8.16. The highest BCUT2D eigenvalue weighted by molar-refractivity contribution is 5.94.